The van der Waals surface area contributed by atoms with Crippen LogP contribution in [0.4, 0.5) is 4.39 Å². The van der Waals surface area contributed by atoms with Crippen molar-refractivity contribution < 1.29 is 4.39 Å². The van der Waals surface area contributed by atoms with E-state index in [4.69, 9.17) is 0 Å². The number of likely N-dealkylation sites (tertiary alicyclic amines) is 1. The summed E-state index contributed by atoms with van der Waals surface area (Å²) in [7, 11) is 2.11. The fourth-order valence-corrected chi connectivity index (χ4v) is 4.32. The highest BCUT2D eigenvalue weighted by atomic mass is 19.1. The zero-order valence-electron chi connectivity index (χ0n) is 17.8. The van der Waals surface area contributed by atoms with Crippen molar-refractivity contribution in [1.29, 1.82) is 0 Å². The van der Waals surface area contributed by atoms with Gasteiger partial charge in [-0.1, -0.05) is 37.3 Å². The molecule has 0 radical (unpaired) electrons. The molecule has 0 spiro atoms. The monoisotopic (exact) mass is 403 g/mol. The first kappa shape index (κ1) is 20.4. The number of rotatable bonds is 3. The molecule has 0 amide bonds. The zero-order valence-corrected chi connectivity index (χ0v) is 17.8. The fourth-order valence-electron chi connectivity index (χ4n) is 4.32. The summed E-state index contributed by atoms with van der Waals surface area (Å²) in [6.07, 6.45) is 6.91. The van der Waals surface area contributed by atoms with E-state index in [0.717, 1.165) is 0 Å². The largest absolute Gasteiger partial charge is 0.351 e. The second-order valence-corrected chi connectivity index (χ2v) is 7.96. The van der Waals surface area contributed by atoms with Crippen molar-refractivity contribution in [1.82, 2.24) is 14.0 Å². The Balaban J connectivity index is 0.000000265. The predicted octanol–water partition coefficient (Wildman–Crippen LogP) is 6.13. The molecular weight excluding hydrogens is 373 g/mol. The SMILES string of the molecule is CCN1CCC(n2ccc3ccc(-c4cccn4C)cc32)CC1.Fc1ccccc1. The van der Waals surface area contributed by atoms with Gasteiger partial charge in [0.05, 0.1) is 0 Å². The molecule has 0 unspecified atom stereocenters. The average Bonchev–Trinajstić information content (AvgIpc) is 3.40. The smallest absolute Gasteiger partial charge is 0.123 e. The summed E-state index contributed by atoms with van der Waals surface area (Å²) < 4.78 is 16.6. The summed E-state index contributed by atoms with van der Waals surface area (Å²) in [5, 5.41) is 1.35. The molecule has 1 aliphatic rings. The first-order chi connectivity index (χ1) is 14.7. The van der Waals surface area contributed by atoms with Crippen molar-refractivity contribution >= 4 is 10.9 Å². The number of halogens is 1. The molecule has 0 bridgehead atoms. The van der Waals surface area contributed by atoms with Crippen LogP contribution in [0.5, 0.6) is 0 Å². The Labute approximate surface area is 178 Å². The van der Waals surface area contributed by atoms with Gasteiger partial charge in [-0.15, -0.1) is 0 Å². The van der Waals surface area contributed by atoms with Crippen LogP contribution < -0.4 is 0 Å². The molecular formula is C26H30FN3. The van der Waals surface area contributed by atoms with Gasteiger partial charge >= 0.3 is 0 Å². The summed E-state index contributed by atoms with van der Waals surface area (Å²) in [5.74, 6) is -0.178. The molecule has 5 rings (SSSR count). The number of aromatic nitrogens is 2. The molecule has 2 aromatic carbocycles. The molecule has 3 heterocycles. The van der Waals surface area contributed by atoms with Gasteiger partial charge in [0, 0.05) is 55.3 Å². The van der Waals surface area contributed by atoms with Crippen molar-refractivity contribution in [3.63, 3.8) is 0 Å². The van der Waals surface area contributed by atoms with E-state index in [1.807, 2.05) is 0 Å². The summed E-state index contributed by atoms with van der Waals surface area (Å²) in [5.41, 5.74) is 3.95. The first-order valence-electron chi connectivity index (χ1n) is 10.8. The van der Waals surface area contributed by atoms with Gasteiger partial charge in [-0.25, -0.2) is 4.39 Å². The Kier molecular flexibility index (Phi) is 6.34. The molecule has 4 heteroatoms. The lowest BCUT2D eigenvalue weighted by Crippen LogP contribution is -2.34. The first-order valence-corrected chi connectivity index (χ1v) is 10.8. The van der Waals surface area contributed by atoms with Crippen molar-refractivity contribution in [2.24, 2.45) is 7.05 Å². The van der Waals surface area contributed by atoms with E-state index in [1.54, 1.807) is 18.2 Å². The van der Waals surface area contributed by atoms with Gasteiger partial charge in [-0.2, -0.15) is 0 Å². The molecule has 30 heavy (non-hydrogen) atoms. The lowest BCUT2D eigenvalue weighted by atomic mass is 10.0. The average molecular weight is 404 g/mol. The third-order valence-corrected chi connectivity index (χ3v) is 6.09. The molecule has 0 aliphatic carbocycles. The molecule has 4 aromatic rings. The van der Waals surface area contributed by atoms with Gasteiger partial charge < -0.3 is 14.0 Å². The Bertz CT molecular complexity index is 1070. The third kappa shape index (κ3) is 4.49. The zero-order chi connectivity index (χ0) is 20.9. The lowest BCUT2D eigenvalue weighted by Gasteiger charge is -2.32. The van der Waals surface area contributed by atoms with Crippen molar-refractivity contribution in [2.75, 3.05) is 19.6 Å². The second-order valence-electron chi connectivity index (χ2n) is 7.96. The molecule has 2 aromatic heterocycles. The fraction of sp³-hybridized carbons (Fsp3) is 0.308. The highest BCUT2D eigenvalue weighted by Gasteiger charge is 2.20. The van der Waals surface area contributed by atoms with E-state index in [9.17, 15) is 4.39 Å². The van der Waals surface area contributed by atoms with Crippen LogP contribution >= 0.6 is 0 Å². The number of fused-ring (bicyclic) bond motifs is 1. The highest BCUT2D eigenvalue weighted by Crippen LogP contribution is 2.30. The number of nitrogens with zero attached hydrogens (tertiary/aromatic N) is 3. The Morgan fingerprint density at radius 1 is 0.900 bits per heavy atom. The topological polar surface area (TPSA) is 13.1 Å². The van der Waals surface area contributed by atoms with Crippen LogP contribution in [0, 0.1) is 5.82 Å². The minimum atomic E-state index is -0.178. The minimum Gasteiger partial charge on any atom is -0.351 e. The van der Waals surface area contributed by atoms with Gasteiger partial charge in [-0.05, 0) is 61.2 Å². The van der Waals surface area contributed by atoms with E-state index < -0.39 is 0 Å². The highest BCUT2D eigenvalue weighted by molar-refractivity contribution is 5.85. The Morgan fingerprint density at radius 3 is 2.27 bits per heavy atom. The van der Waals surface area contributed by atoms with Crippen LogP contribution in [0.2, 0.25) is 0 Å². The second kappa shape index (κ2) is 9.31. The standard InChI is InChI=1S/C20H25N3.C6H5F/c1-3-22-12-9-18(10-13-22)23-14-8-16-6-7-17(15-20(16)23)19-5-4-11-21(19)2;7-6-4-2-1-3-5-6/h4-8,11,14-15,18H,3,9-10,12-13H2,1-2H3;1-5H. The van der Waals surface area contributed by atoms with Crippen LogP contribution in [-0.4, -0.2) is 33.7 Å². The number of hydrogen-bond donors (Lipinski definition) is 0. The van der Waals surface area contributed by atoms with E-state index in [0.29, 0.717) is 6.04 Å². The van der Waals surface area contributed by atoms with Crippen molar-refractivity contribution in [3.8, 4) is 11.3 Å². The predicted molar refractivity (Wildman–Crippen MR) is 123 cm³/mol. The summed E-state index contributed by atoms with van der Waals surface area (Å²) in [6, 6.07) is 22.0. The number of benzene rings is 2. The maximum Gasteiger partial charge on any atom is 0.123 e. The van der Waals surface area contributed by atoms with Crippen LogP contribution in [0.15, 0.2) is 79.1 Å². The van der Waals surface area contributed by atoms with Crippen LogP contribution in [0.25, 0.3) is 22.2 Å². The van der Waals surface area contributed by atoms with Crippen molar-refractivity contribution in [2.45, 2.75) is 25.8 Å². The molecule has 0 saturated carbocycles. The number of aryl methyl sites for hydroxylation is 1. The lowest BCUT2D eigenvalue weighted by molar-refractivity contribution is 0.197. The van der Waals surface area contributed by atoms with Crippen LogP contribution in [0.3, 0.4) is 0 Å². The molecule has 1 fully saturated rings. The summed E-state index contributed by atoms with van der Waals surface area (Å²) in [6.45, 7) is 5.88. The van der Waals surface area contributed by atoms with Gasteiger partial charge in [0.2, 0.25) is 0 Å². The number of hydrogen-bond acceptors (Lipinski definition) is 1. The van der Waals surface area contributed by atoms with E-state index in [-0.39, 0.29) is 5.82 Å². The summed E-state index contributed by atoms with van der Waals surface area (Å²) >= 11 is 0. The quantitative estimate of drug-likeness (QED) is 0.401. The van der Waals surface area contributed by atoms with Gasteiger partial charge in [0.15, 0.2) is 0 Å². The van der Waals surface area contributed by atoms with Crippen LogP contribution in [0.1, 0.15) is 25.8 Å². The summed E-state index contributed by atoms with van der Waals surface area (Å²) in [4.78, 5) is 2.55. The maximum absolute atomic E-state index is 11.9. The van der Waals surface area contributed by atoms with Crippen molar-refractivity contribution in [3.05, 3.63) is 84.9 Å². The van der Waals surface area contributed by atoms with Gasteiger partial charge in [0.1, 0.15) is 5.82 Å². The molecule has 3 nitrogen and oxygen atoms in total. The molecule has 156 valence electrons. The molecule has 0 atom stereocenters. The Hall–Kier alpha value is -2.85. The van der Waals surface area contributed by atoms with Gasteiger partial charge in [0.25, 0.3) is 0 Å². The Morgan fingerprint density at radius 2 is 1.67 bits per heavy atom. The third-order valence-electron chi connectivity index (χ3n) is 6.09. The van der Waals surface area contributed by atoms with E-state index in [1.165, 1.54) is 66.8 Å². The molecule has 1 saturated heterocycles. The van der Waals surface area contributed by atoms with Gasteiger partial charge in [-0.3, -0.25) is 0 Å². The molecule has 0 N–H and O–H groups in total. The number of piperidine rings is 1. The minimum absolute atomic E-state index is 0.178. The van der Waals surface area contributed by atoms with E-state index in [2.05, 4.69) is 76.8 Å². The normalized spacial score (nSPS) is 15.2. The van der Waals surface area contributed by atoms with E-state index >= 15 is 0 Å². The molecule has 1 aliphatic heterocycles. The van der Waals surface area contributed by atoms with Crippen LogP contribution in [-0.2, 0) is 7.05 Å². The maximum atomic E-state index is 11.9.